The Morgan fingerprint density at radius 1 is 0.474 bits per heavy atom. The van der Waals surface area contributed by atoms with Crippen LogP contribution in [0.4, 0.5) is 0 Å². The monoisotopic (exact) mass is 807 g/mol. The minimum atomic E-state index is 0. The molecule has 2 aromatic heterocycles. The molecule has 8 aromatic carbocycles. The van der Waals surface area contributed by atoms with Crippen molar-refractivity contribution in [1.29, 1.82) is 0 Å². The van der Waals surface area contributed by atoms with Gasteiger partial charge in [0, 0.05) is 71.0 Å². The molecule has 271 valence electrons. The summed E-state index contributed by atoms with van der Waals surface area (Å²) in [5, 5.41) is 19.8. The van der Waals surface area contributed by atoms with Crippen LogP contribution in [0, 0.1) is 0 Å². The molecule has 1 radical (unpaired) electrons. The topological polar surface area (TPSA) is 57.1 Å². The Morgan fingerprint density at radius 3 is 1.72 bits per heavy atom. The second kappa shape index (κ2) is 16.8. The van der Waals surface area contributed by atoms with E-state index in [4.69, 9.17) is 0 Å². The van der Waals surface area contributed by atoms with Gasteiger partial charge in [-0.2, -0.15) is 5.71 Å². The average Bonchev–Trinajstić information content (AvgIpc) is 3.82. The van der Waals surface area contributed by atoms with Gasteiger partial charge in [-0.15, -0.1) is 12.7 Å². The van der Waals surface area contributed by atoms with Crippen molar-refractivity contribution in [3.05, 3.63) is 228 Å². The van der Waals surface area contributed by atoms with E-state index in [-0.39, 0.29) is 38.4 Å². The summed E-state index contributed by atoms with van der Waals surface area (Å²) in [5.74, 6) is 0. The maximum absolute atomic E-state index is 10.4. The van der Waals surface area contributed by atoms with Crippen molar-refractivity contribution in [3.8, 4) is 27.9 Å². The van der Waals surface area contributed by atoms with Crippen LogP contribution < -0.4 is 0 Å². The Morgan fingerprint density at radius 2 is 1.00 bits per heavy atom. The number of allylic oxidation sites excluding steroid dienone is 1. The van der Waals surface area contributed by atoms with Crippen molar-refractivity contribution >= 4 is 55.0 Å². The number of benzene rings is 8. The largest absolute Gasteiger partial charge is 0.803 e. The first-order valence-corrected chi connectivity index (χ1v) is 18.8. The second-order valence-electron chi connectivity index (χ2n) is 13.8. The molecule has 10 rings (SSSR count). The fraction of sp³-hybridized carbons (Fsp3) is 0.0192. The van der Waals surface area contributed by atoms with Crippen molar-refractivity contribution in [2.75, 3.05) is 7.05 Å². The Kier molecular flexibility index (Phi) is 11.1. The van der Waals surface area contributed by atoms with Crippen molar-refractivity contribution < 1.29 is 32.7 Å². The van der Waals surface area contributed by atoms with Gasteiger partial charge >= 0.3 is 0 Å². The summed E-state index contributed by atoms with van der Waals surface area (Å²) in [4.78, 5) is 3.53. The van der Waals surface area contributed by atoms with E-state index in [0.29, 0.717) is 0 Å². The zero-order valence-corrected chi connectivity index (χ0v) is 34.4. The Hall–Kier alpha value is -6.33. The zero-order chi connectivity index (χ0) is 37.8. The summed E-state index contributed by atoms with van der Waals surface area (Å²) < 4.78 is 2.36. The molecule has 1 N–H and O–H groups in total. The standard InChI is InChI=1S/C30H20N2.C22H18N2.Y/c1-2-8-22(9-3-1)32-29-13-7-5-11-24(29)26-19-21(15-17-30(26)32)20-14-16-28-25(18-20)23-10-4-6-12-27(23)31-28;1-24-22(20-10-6-3-7-11-20)16-21(23)19-14-12-18(13-15-19)17-8-4-2-5-9-17;/h1-19,31H;2-16H,1H3;/q;-2;/b;22-16-;. The number of hydrogen-bond acceptors (Lipinski definition) is 0. The molecule has 0 fully saturated rings. The minimum Gasteiger partial charge on any atom is -0.803 e. The molecule has 0 unspecified atom stereocenters. The molecule has 0 amide bonds. The van der Waals surface area contributed by atoms with Crippen molar-refractivity contribution in [1.82, 2.24) is 9.55 Å². The SMILES string of the molecule is C[N-]/C(=C\C(=[N-])c1ccc(-c2ccccc2)cc1)c1ccccc1.[Y].c1ccc(-n2c3ccccc3c3cc(-c4ccc5[nH]c6ccccc6c5c4)ccc32)cc1. The molecule has 5 heteroatoms. The van der Waals surface area contributed by atoms with E-state index >= 15 is 0 Å². The van der Waals surface area contributed by atoms with E-state index in [0.717, 1.165) is 28.0 Å². The van der Waals surface area contributed by atoms with Gasteiger partial charge in [0.2, 0.25) is 0 Å². The van der Waals surface area contributed by atoms with Crippen LogP contribution in [-0.4, -0.2) is 22.3 Å². The number of para-hydroxylation sites is 3. The van der Waals surface area contributed by atoms with Gasteiger partial charge in [-0.25, -0.2) is 0 Å². The van der Waals surface area contributed by atoms with Crippen LogP contribution in [0.15, 0.2) is 206 Å². The van der Waals surface area contributed by atoms with E-state index in [1.807, 2.05) is 72.8 Å². The number of rotatable bonds is 7. The van der Waals surface area contributed by atoms with E-state index in [1.54, 1.807) is 13.1 Å². The van der Waals surface area contributed by atoms with Crippen molar-refractivity contribution in [3.63, 3.8) is 0 Å². The quantitative estimate of drug-likeness (QED) is 0.156. The minimum absolute atomic E-state index is 0. The molecule has 2 heterocycles. The summed E-state index contributed by atoms with van der Waals surface area (Å²) in [6.07, 6.45) is 1.70. The fourth-order valence-electron chi connectivity index (χ4n) is 7.60. The number of fused-ring (bicyclic) bond motifs is 6. The normalized spacial score (nSPS) is 11.3. The number of aromatic nitrogens is 2. The first-order chi connectivity index (χ1) is 27.6. The van der Waals surface area contributed by atoms with Gasteiger partial charge in [0.1, 0.15) is 0 Å². The first kappa shape index (κ1) is 37.6. The number of aromatic amines is 1. The van der Waals surface area contributed by atoms with Gasteiger partial charge in [0.15, 0.2) is 0 Å². The maximum Gasteiger partial charge on any atom is 0.0541 e. The summed E-state index contributed by atoms with van der Waals surface area (Å²) in [6.45, 7) is 0. The van der Waals surface area contributed by atoms with Crippen LogP contribution >= 0.6 is 0 Å². The van der Waals surface area contributed by atoms with Crippen LogP contribution in [0.2, 0.25) is 0 Å². The molecule has 57 heavy (non-hydrogen) atoms. The van der Waals surface area contributed by atoms with E-state index in [1.165, 1.54) is 60.4 Å². The van der Waals surface area contributed by atoms with Crippen LogP contribution in [0.3, 0.4) is 0 Å². The molecular weight excluding hydrogens is 770 g/mol. The first-order valence-electron chi connectivity index (χ1n) is 18.8. The van der Waals surface area contributed by atoms with E-state index in [2.05, 4.69) is 142 Å². The number of nitrogens with zero attached hydrogens (tertiary/aromatic N) is 3. The third kappa shape index (κ3) is 7.63. The molecule has 0 atom stereocenters. The third-order valence-electron chi connectivity index (χ3n) is 10.4. The predicted octanol–water partition coefficient (Wildman–Crippen LogP) is 13.8. The van der Waals surface area contributed by atoms with Gasteiger partial charge < -0.3 is 20.3 Å². The van der Waals surface area contributed by atoms with Gasteiger partial charge in [-0.05, 0) is 81.9 Å². The van der Waals surface area contributed by atoms with Crippen LogP contribution in [0.5, 0.6) is 0 Å². The molecule has 0 aliphatic carbocycles. The summed E-state index contributed by atoms with van der Waals surface area (Å²) in [7, 11) is 1.73. The molecule has 0 spiro atoms. The average molecular weight is 808 g/mol. The molecule has 0 saturated heterocycles. The number of hydrogen-bond donors (Lipinski definition) is 1. The zero-order valence-electron chi connectivity index (χ0n) is 31.5. The van der Waals surface area contributed by atoms with Gasteiger partial charge in [-0.1, -0.05) is 158 Å². The molecule has 0 saturated carbocycles. The molecule has 10 aromatic rings. The predicted molar refractivity (Wildman–Crippen MR) is 239 cm³/mol. The Balaban J connectivity index is 0.000000164. The van der Waals surface area contributed by atoms with E-state index in [9.17, 15) is 5.41 Å². The molecule has 4 nitrogen and oxygen atoms in total. The van der Waals surface area contributed by atoms with Crippen molar-refractivity contribution in [2.24, 2.45) is 0 Å². The second-order valence-corrected chi connectivity index (χ2v) is 13.8. The Bertz CT molecular complexity index is 3000. The number of nitrogens with one attached hydrogen (secondary N) is 1. The van der Waals surface area contributed by atoms with Crippen LogP contribution in [-0.2, 0) is 32.7 Å². The maximum atomic E-state index is 10.4. The molecule has 0 aliphatic rings. The van der Waals surface area contributed by atoms with Gasteiger partial charge in [0.25, 0.3) is 0 Å². The molecule has 0 bridgehead atoms. The van der Waals surface area contributed by atoms with Gasteiger partial charge in [-0.3, -0.25) is 0 Å². The van der Waals surface area contributed by atoms with Crippen LogP contribution in [0.25, 0.3) is 88.0 Å². The van der Waals surface area contributed by atoms with Gasteiger partial charge in [0.05, 0.1) is 11.0 Å². The summed E-state index contributed by atoms with van der Waals surface area (Å²) in [5.41, 5.74) is 13.5. The molecular formula is C52H38N4Y-2. The smallest absolute Gasteiger partial charge is 0.0541 e. The van der Waals surface area contributed by atoms with Crippen molar-refractivity contribution in [2.45, 2.75) is 0 Å². The van der Waals surface area contributed by atoms with E-state index < -0.39 is 0 Å². The molecule has 0 aliphatic heterocycles. The number of H-pyrrole nitrogens is 1. The third-order valence-corrected chi connectivity index (χ3v) is 10.4. The Labute approximate surface area is 357 Å². The summed E-state index contributed by atoms with van der Waals surface area (Å²) in [6, 6.07) is 69.3. The fourth-order valence-corrected chi connectivity index (χ4v) is 7.60. The van der Waals surface area contributed by atoms with Crippen LogP contribution in [0.1, 0.15) is 11.1 Å². The summed E-state index contributed by atoms with van der Waals surface area (Å²) >= 11 is 0.